The first kappa shape index (κ1) is 16.1. The molecule has 0 spiro atoms. The number of benzene rings is 2. The molecule has 0 fully saturated rings. The summed E-state index contributed by atoms with van der Waals surface area (Å²) in [6, 6.07) is 13.5. The number of hydrogen-bond donors (Lipinski definition) is 2. The monoisotopic (exact) mass is 390 g/mol. The van der Waals surface area contributed by atoms with Crippen molar-refractivity contribution < 1.29 is 0 Å². The highest BCUT2D eigenvalue weighted by molar-refractivity contribution is 9.10. The van der Waals surface area contributed by atoms with Crippen molar-refractivity contribution in [2.24, 2.45) is 5.84 Å². The number of thioether (sulfide) groups is 1. The van der Waals surface area contributed by atoms with Crippen molar-refractivity contribution in [3.63, 3.8) is 0 Å². The fourth-order valence-corrected chi connectivity index (χ4v) is 3.75. The molecule has 2 nitrogen and oxygen atoms in total. The summed E-state index contributed by atoms with van der Waals surface area (Å²) in [7, 11) is 0. The zero-order valence-electron chi connectivity index (χ0n) is 10.4. The number of hydrazine groups is 1. The predicted octanol–water partition coefficient (Wildman–Crippen LogP) is 5.05. The summed E-state index contributed by atoms with van der Waals surface area (Å²) in [4.78, 5) is 1.16. The molecule has 0 bridgehead atoms. The second-order valence-corrected chi connectivity index (χ2v) is 7.01. The Bertz CT molecular complexity index is 595. The quantitative estimate of drug-likeness (QED) is 0.425. The third kappa shape index (κ3) is 4.38. The van der Waals surface area contributed by atoms with Gasteiger partial charge in [-0.1, -0.05) is 45.2 Å². The van der Waals surface area contributed by atoms with Crippen LogP contribution < -0.4 is 11.3 Å². The maximum atomic E-state index is 6.21. The summed E-state index contributed by atoms with van der Waals surface area (Å²) in [6.45, 7) is 0. The minimum absolute atomic E-state index is 0.0646. The fourth-order valence-electron chi connectivity index (χ4n) is 1.75. The van der Waals surface area contributed by atoms with Crippen LogP contribution in [-0.4, -0.2) is 5.75 Å². The first-order valence-corrected chi connectivity index (χ1v) is 8.43. The SMILES string of the molecule is NNC(CSc1cccc(Br)c1)c1cc(Cl)ccc1Cl. The molecule has 0 saturated carbocycles. The lowest BCUT2D eigenvalue weighted by molar-refractivity contribution is 0.611. The number of hydrogen-bond acceptors (Lipinski definition) is 3. The number of nitrogens with two attached hydrogens (primary N) is 1. The molecule has 0 radical (unpaired) electrons. The Hall–Kier alpha value is -0.230. The van der Waals surface area contributed by atoms with Crippen LogP contribution >= 0.6 is 50.9 Å². The van der Waals surface area contributed by atoms with Gasteiger partial charge < -0.3 is 0 Å². The van der Waals surface area contributed by atoms with E-state index in [0.717, 1.165) is 20.7 Å². The number of nitrogens with one attached hydrogen (secondary N) is 1. The van der Waals surface area contributed by atoms with Crippen molar-refractivity contribution in [1.82, 2.24) is 5.43 Å². The number of rotatable bonds is 5. The molecule has 0 aliphatic heterocycles. The largest absolute Gasteiger partial charge is 0.271 e. The third-order valence-electron chi connectivity index (χ3n) is 2.75. The van der Waals surface area contributed by atoms with E-state index in [1.54, 1.807) is 23.9 Å². The van der Waals surface area contributed by atoms with Crippen molar-refractivity contribution in [1.29, 1.82) is 0 Å². The topological polar surface area (TPSA) is 38.0 Å². The minimum Gasteiger partial charge on any atom is -0.271 e. The van der Waals surface area contributed by atoms with Crippen LogP contribution in [0.2, 0.25) is 10.0 Å². The molecule has 2 rings (SSSR count). The standard InChI is InChI=1S/C14H13BrCl2N2S/c15-9-2-1-3-11(6-9)20-8-14(19-18)12-7-10(16)4-5-13(12)17/h1-7,14,19H,8,18H2. The lowest BCUT2D eigenvalue weighted by atomic mass is 10.1. The maximum absolute atomic E-state index is 6.21. The summed E-state index contributed by atoms with van der Waals surface area (Å²) in [6.07, 6.45) is 0. The molecule has 3 N–H and O–H groups in total. The van der Waals surface area contributed by atoms with Crippen molar-refractivity contribution in [3.05, 3.63) is 62.5 Å². The van der Waals surface area contributed by atoms with Gasteiger partial charge in [-0.25, -0.2) is 0 Å². The highest BCUT2D eigenvalue weighted by Gasteiger charge is 2.14. The molecular formula is C14H13BrCl2N2S. The zero-order valence-corrected chi connectivity index (χ0v) is 14.4. The highest BCUT2D eigenvalue weighted by Crippen LogP contribution is 2.31. The summed E-state index contributed by atoms with van der Waals surface area (Å²) in [5.41, 5.74) is 3.70. The summed E-state index contributed by atoms with van der Waals surface area (Å²) < 4.78 is 1.06. The minimum atomic E-state index is -0.0646. The third-order valence-corrected chi connectivity index (χ3v) is 4.91. The van der Waals surface area contributed by atoms with E-state index < -0.39 is 0 Å². The molecule has 106 valence electrons. The summed E-state index contributed by atoms with van der Waals surface area (Å²) >= 11 is 17.4. The normalized spacial score (nSPS) is 12.4. The van der Waals surface area contributed by atoms with Crippen LogP contribution in [0.15, 0.2) is 51.8 Å². The van der Waals surface area contributed by atoms with Gasteiger partial charge in [0.25, 0.3) is 0 Å². The van der Waals surface area contributed by atoms with Crippen LogP contribution in [0.4, 0.5) is 0 Å². The first-order chi connectivity index (χ1) is 9.60. The molecule has 20 heavy (non-hydrogen) atoms. The van der Waals surface area contributed by atoms with Gasteiger partial charge >= 0.3 is 0 Å². The van der Waals surface area contributed by atoms with Crippen molar-refractivity contribution in [3.8, 4) is 0 Å². The van der Waals surface area contributed by atoms with Crippen LogP contribution in [0, 0.1) is 0 Å². The van der Waals surface area contributed by atoms with Crippen molar-refractivity contribution in [2.75, 3.05) is 5.75 Å². The van der Waals surface area contributed by atoms with E-state index in [4.69, 9.17) is 29.0 Å². The Kier molecular flexibility index (Phi) is 6.20. The lowest BCUT2D eigenvalue weighted by Gasteiger charge is -2.17. The Balaban J connectivity index is 2.11. The van der Waals surface area contributed by atoms with Crippen molar-refractivity contribution >= 4 is 50.9 Å². The molecule has 2 aromatic rings. The van der Waals surface area contributed by atoms with Crippen LogP contribution in [0.3, 0.4) is 0 Å². The number of halogens is 3. The zero-order chi connectivity index (χ0) is 14.5. The Morgan fingerprint density at radius 2 is 2.00 bits per heavy atom. The summed E-state index contributed by atoms with van der Waals surface area (Å²) in [5, 5.41) is 1.31. The first-order valence-electron chi connectivity index (χ1n) is 5.89. The molecule has 6 heteroatoms. The van der Waals surface area contributed by atoms with E-state index in [-0.39, 0.29) is 6.04 Å². The lowest BCUT2D eigenvalue weighted by Crippen LogP contribution is -2.29. The molecule has 1 atom stereocenters. The van der Waals surface area contributed by atoms with E-state index in [1.807, 2.05) is 18.2 Å². The van der Waals surface area contributed by atoms with Gasteiger partial charge in [-0.3, -0.25) is 11.3 Å². The molecule has 0 aromatic heterocycles. The predicted molar refractivity (Wildman–Crippen MR) is 91.4 cm³/mol. The van der Waals surface area contributed by atoms with E-state index >= 15 is 0 Å². The van der Waals surface area contributed by atoms with Gasteiger partial charge in [0.15, 0.2) is 0 Å². The van der Waals surface area contributed by atoms with E-state index in [0.29, 0.717) is 10.0 Å². The van der Waals surface area contributed by atoms with Crippen LogP contribution in [0.25, 0.3) is 0 Å². The average Bonchev–Trinajstić information content (AvgIpc) is 2.43. The van der Waals surface area contributed by atoms with Crippen LogP contribution in [0.1, 0.15) is 11.6 Å². The smallest absolute Gasteiger partial charge is 0.0569 e. The maximum Gasteiger partial charge on any atom is 0.0569 e. The second kappa shape index (κ2) is 7.69. The molecule has 1 unspecified atom stereocenters. The van der Waals surface area contributed by atoms with Gasteiger partial charge in [-0.15, -0.1) is 11.8 Å². The molecular weight excluding hydrogens is 379 g/mol. The highest BCUT2D eigenvalue weighted by atomic mass is 79.9. The van der Waals surface area contributed by atoms with Crippen LogP contribution in [0.5, 0.6) is 0 Å². The van der Waals surface area contributed by atoms with Gasteiger partial charge in [0.05, 0.1) is 6.04 Å². The average molecular weight is 392 g/mol. The van der Waals surface area contributed by atoms with Gasteiger partial charge in [0, 0.05) is 25.2 Å². The molecule has 0 aliphatic carbocycles. The Labute approximate surface area is 141 Å². The van der Waals surface area contributed by atoms with E-state index in [1.165, 1.54) is 0 Å². The second-order valence-electron chi connectivity index (χ2n) is 4.15. The van der Waals surface area contributed by atoms with Crippen molar-refractivity contribution in [2.45, 2.75) is 10.9 Å². The molecule has 0 heterocycles. The van der Waals surface area contributed by atoms with E-state index in [2.05, 4.69) is 33.5 Å². The Morgan fingerprint density at radius 3 is 2.70 bits per heavy atom. The van der Waals surface area contributed by atoms with Crippen LogP contribution in [-0.2, 0) is 0 Å². The summed E-state index contributed by atoms with van der Waals surface area (Å²) in [5.74, 6) is 6.40. The Morgan fingerprint density at radius 1 is 1.20 bits per heavy atom. The van der Waals surface area contributed by atoms with Gasteiger partial charge in [-0.2, -0.15) is 0 Å². The van der Waals surface area contributed by atoms with Gasteiger partial charge in [0.2, 0.25) is 0 Å². The molecule has 2 aromatic carbocycles. The van der Waals surface area contributed by atoms with Gasteiger partial charge in [-0.05, 0) is 42.0 Å². The molecule has 0 amide bonds. The fraction of sp³-hybridized carbons (Fsp3) is 0.143. The molecule has 0 aliphatic rings. The van der Waals surface area contributed by atoms with Gasteiger partial charge in [0.1, 0.15) is 0 Å². The van der Waals surface area contributed by atoms with E-state index in [9.17, 15) is 0 Å². The molecule has 0 saturated heterocycles.